The second-order valence-electron chi connectivity index (χ2n) is 4.47. The molecule has 0 fully saturated rings. The maximum Gasteiger partial charge on any atom is 0.335 e. The number of hydrogen-bond acceptors (Lipinski definition) is 3. The van der Waals surface area contributed by atoms with Gasteiger partial charge in [0.2, 0.25) is 0 Å². The summed E-state index contributed by atoms with van der Waals surface area (Å²) in [5, 5.41) is 8.88. The number of hydrogen-bond donors (Lipinski definition) is 1. The van der Waals surface area contributed by atoms with E-state index in [2.05, 4.69) is 18.7 Å². The van der Waals surface area contributed by atoms with Gasteiger partial charge in [0.1, 0.15) is 5.75 Å². The van der Waals surface area contributed by atoms with Crippen LogP contribution in [0.25, 0.3) is 0 Å². The van der Waals surface area contributed by atoms with E-state index in [4.69, 9.17) is 9.84 Å². The molecule has 4 heteroatoms. The van der Waals surface area contributed by atoms with Crippen molar-refractivity contribution in [3.05, 3.63) is 29.8 Å². The summed E-state index contributed by atoms with van der Waals surface area (Å²) in [7, 11) is 0. The van der Waals surface area contributed by atoms with Crippen LogP contribution in [-0.4, -0.2) is 42.2 Å². The van der Waals surface area contributed by atoms with Crippen LogP contribution in [0.2, 0.25) is 0 Å². The summed E-state index contributed by atoms with van der Waals surface area (Å²) in [6.07, 6.45) is 2.11. The number of carboxylic acids is 1. The molecule has 0 amide bonds. The molecule has 0 atom stereocenters. The number of ether oxygens (including phenoxy) is 1. The first-order valence-corrected chi connectivity index (χ1v) is 6.85. The molecule has 0 radical (unpaired) electrons. The molecule has 106 valence electrons. The van der Waals surface area contributed by atoms with E-state index in [0.717, 1.165) is 32.5 Å². The Kier molecular flexibility index (Phi) is 6.97. The van der Waals surface area contributed by atoms with Gasteiger partial charge in [0.05, 0.1) is 12.2 Å². The van der Waals surface area contributed by atoms with E-state index in [0.29, 0.717) is 12.4 Å². The zero-order valence-corrected chi connectivity index (χ0v) is 11.8. The van der Waals surface area contributed by atoms with Gasteiger partial charge >= 0.3 is 5.97 Å². The van der Waals surface area contributed by atoms with E-state index >= 15 is 0 Å². The summed E-state index contributed by atoms with van der Waals surface area (Å²) in [5.74, 6) is -0.302. The van der Waals surface area contributed by atoms with Gasteiger partial charge < -0.3 is 14.7 Å². The van der Waals surface area contributed by atoms with E-state index in [1.165, 1.54) is 0 Å². The van der Waals surface area contributed by atoms with Crippen molar-refractivity contribution in [1.82, 2.24) is 4.90 Å². The van der Waals surface area contributed by atoms with E-state index in [1.807, 2.05) is 0 Å². The normalized spacial score (nSPS) is 10.7. The minimum Gasteiger partial charge on any atom is -0.494 e. The SMILES string of the molecule is CCCN(CC)CCCOc1cccc(C(=O)O)c1. The van der Waals surface area contributed by atoms with Gasteiger partial charge in [0.25, 0.3) is 0 Å². The molecular weight excluding hydrogens is 242 g/mol. The van der Waals surface area contributed by atoms with Gasteiger partial charge in [-0.15, -0.1) is 0 Å². The molecule has 0 aliphatic rings. The summed E-state index contributed by atoms with van der Waals surface area (Å²) in [5.41, 5.74) is 0.263. The second kappa shape index (κ2) is 8.53. The third-order valence-electron chi connectivity index (χ3n) is 2.96. The number of rotatable bonds is 9. The molecule has 1 rings (SSSR count). The van der Waals surface area contributed by atoms with Crippen LogP contribution in [-0.2, 0) is 0 Å². The van der Waals surface area contributed by atoms with Crippen molar-refractivity contribution in [2.75, 3.05) is 26.2 Å². The molecule has 1 aromatic rings. The minimum absolute atomic E-state index is 0.263. The average molecular weight is 265 g/mol. The lowest BCUT2D eigenvalue weighted by Crippen LogP contribution is -2.26. The highest BCUT2D eigenvalue weighted by Crippen LogP contribution is 2.13. The van der Waals surface area contributed by atoms with Crippen molar-refractivity contribution in [1.29, 1.82) is 0 Å². The van der Waals surface area contributed by atoms with Crippen LogP contribution in [0.15, 0.2) is 24.3 Å². The summed E-state index contributed by atoms with van der Waals surface area (Å²) >= 11 is 0. The van der Waals surface area contributed by atoms with Gasteiger partial charge in [-0.2, -0.15) is 0 Å². The highest BCUT2D eigenvalue weighted by atomic mass is 16.5. The summed E-state index contributed by atoms with van der Waals surface area (Å²) in [6, 6.07) is 6.62. The molecule has 0 saturated heterocycles. The fourth-order valence-electron chi connectivity index (χ4n) is 1.94. The van der Waals surface area contributed by atoms with E-state index in [-0.39, 0.29) is 5.56 Å². The molecule has 0 aliphatic heterocycles. The largest absolute Gasteiger partial charge is 0.494 e. The number of nitrogens with zero attached hydrogens (tertiary/aromatic N) is 1. The quantitative estimate of drug-likeness (QED) is 0.697. The predicted octanol–water partition coefficient (Wildman–Crippen LogP) is 2.89. The Balaban J connectivity index is 2.33. The van der Waals surface area contributed by atoms with Crippen molar-refractivity contribution in [2.45, 2.75) is 26.7 Å². The molecule has 0 bridgehead atoms. The lowest BCUT2D eigenvalue weighted by molar-refractivity contribution is 0.0696. The third-order valence-corrected chi connectivity index (χ3v) is 2.96. The molecule has 0 unspecified atom stereocenters. The van der Waals surface area contributed by atoms with Gasteiger partial charge in [-0.1, -0.05) is 19.9 Å². The summed E-state index contributed by atoms with van der Waals surface area (Å²) in [6.45, 7) is 8.14. The Morgan fingerprint density at radius 1 is 1.32 bits per heavy atom. The van der Waals surface area contributed by atoms with Crippen LogP contribution >= 0.6 is 0 Å². The average Bonchev–Trinajstić information content (AvgIpc) is 2.42. The van der Waals surface area contributed by atoms with Gasteiger partial charge in [0.15, 0.2) is 0 Å². The Morgan fingerprint density at radius 2 is 2.11 bits per heavy atom. The number of benzene rings is 1. The first-order valence-electron chi connectivity index (χ1n) is 6.85. The van der Waals surface area contributed by atoms with E-state index in [9.17, 15) is 4.79 Å². The fraction of sp³-hybridized carbons (Fsp3) is 0.533. The summed E-state index contributed by atoms with van der Waals surface area (Å²) < 4.78 is 5.58. The minimum atomic E-state index is -0.925. The highest BCUT2D eigenvalue weighted by molar-refractivity contribution is 5.87. The predicted molar refractivity (Wildman–Crippen MR) is 75.9 cm³/mol. The van der Waals surface area contributed by atoms with E-state index in [1.54, 1.807) is 24.3 Å². The van der Waals surface area contributed by atoms with Crippen molar-refractivity contribution < 1.29 is 14.6 Å². The zero-order valence-electron chi connectivity index (χ0n) is 11.8. The van der Waals surface area contributed by atoms with Crippen molar-refractivity contribution >= 4 is 5.97 Å². The van der Waals surface area contributed by atoms with Crippen molar-refractivity contribution in [2.24, 2.45) is 0 Å². The first kappa shape index (κ1) is 15.5. The molecule has 0 heterocycles. The van der Waals surface area contributed by atoms with Crippen LogP contribution in [0.5, 0.6) is 5.75 Å². The number of carboxylic acid groups (broad SMARTS) is 1. The van der Waals surface area contributed by atoms with Gasteiger partial charge in [-0.3, -0.25) is 0 Å². The number of carbonyl (C=O) groups is 1. The van der Waals surface area contributed by atoms with Crippen molar-refractivity contribution in [3.8, 4) is 5.75 Å². The summed E-state index contributed by atoms with van der Waals surface area (Å²) in [4.78, 5) is 13.2. The lowest BCUT2D eigenvalue weighted by Gasteiger charge is -2.19. The van der Waals surface area contributed by atoms with Crippen LogP contribution in [0.3, 0.4) is 0 Å². The molecule has 1 aromatic carbocycles. The Morgan fingerprint density at radius 3 is 2.74 bits per heavy atom. The monoisotopic (exact) mass is 265 g/mol. The van der Waals surface area contributed by atoms with Gasteiger partial charge in [0, 0.05) is 6.54 Å². The maximum atomic E-state index is 10.8. The fourth-order valence-corrected chi connectivity index (χ4v) is 1.94. The molecule has 19 heavy (non-hydrogen) atoms. The molecule has 0 aliphatic carbocycles. The number of aromatic carboxylic acids is 1. The van der Waals surface area contributed by atoms with Gasteiger partial charge in [-0.05, 0) is 44.1 Å². The molecule has 1 N–H and O–H groups in total. The molecular formula is C15H23NO3. The molecule has 0 aromatic heterocycles. The Labute approximate surface area is 115 Å². The Hall–Kier alpha value is -1.55. The molecule has 0 saturated carbocycles. The topological polar surface area (TPSA) is 49.8 Å². The highest BCUT2D eigenvalue weighted by Gasteiger charge is 2.04. The zero-order chi connectivity index (χ0) is 14.1. The molecule has 0 spiro atoms. The smallest absolute Gasteiger partial charge is 0.335 e. The maximum absolute atomic E-state index is 10.8. The van der Waals surface area contributed by atoms with Crippen molar-refractivity contribution in [3.63, 3.8) is 0 Å². The lowest BCUT2D eigenvalue weighted by atomic mass is 10.2. The Bertz CT molecular complexity index is 393. The second-order valence-corrected chi connectivity index (χ2v) is 4.47. The van der Waals surface area contributed by atoms with Crippen LogP contribution < -0.4 is 4.74 Å². The van der Waals surface area contributed by atoms with Crippen LogP contribution in [0, 0.1) is 0 Å². The van der Waals surface area contributed by atoms with Crippen LogP contribution in [0.1, 0.15) is 37.0 Å². The molecule has 4 nitrogen and oxygen atoms in total. The standard InChI is InChI=1S/C15H23NO3/c1-3-9-16(4-2)10-6-11-19-14-8-5-7-13(12-14)15(17)18/h5,7-8,12H,3-4,6,9-11H2,1-2H3,(H,17,18). The van der Waals surface area contributed by atoms with Gasteiger partial charge in [-0.25, -0.2) is 4.79 Å². The van der Waals surface area contributed by atoms with E-state index < -0.39 is 5.97 Å². The first-order chi connectivity index (χ1) is 9.17. The van der Waals surface area contributed by atoms with Crippen LogP contribution in [0.4, 0.5) is 0 Å². The third kappa shape index (κ3) is 5.75.